The van der Waals surface area contributed by atoms with Gasteiger partial charge in [-0.25, -0.2) is 4.98 Å². The maximum atomic E-state index is 9.41. The molecule has 94 valence electrons. The van der Waals surface area contributed by atoms with Gasteiger partial charge in [-0.15, -0.1) is 0 Å². The van der Waals surface area contributed by atoms with Crippen molar-refractivity contribution in [3.63, 3.8) is 0 Å². The third-order valence-corrected chi connectivity index (χ3v) is 5.33. The first-order chi connectivity index (χ1) is 8.40. The van der Waals surface area contributed by atoms with Crippen molar-refractivity contribution in [2.45, 2.75) is 49.8 Å². The molecule has 2 unspecified atom stereocenters. The van der Waals surface area contributed by atoms with Crippen LogP contribution in [0.4, 0.5) is 0 Å². The Kier molecular flexibility index (Phi) is 3.43. The lowest BCUT2D eigenvalue weighted by atomic mass is 9.97. The Morgan fingerprint density at radius 2 is 2.29 bits per heavy atom. The minimum Gasteiger partial charge on any atom is -0.396 e. The first-order valence-corrected chi connectivity index (χ1v) is 7.73. The molecule has 2 aliphatic heterocycles. The molecule has 1 saturated heterocycles. The minimum atomic E-state index is 0.267. The average Bonchev–Trinajstić information content (AvgIpc) is 2.83. The lowest BCUT2D eigenvalue weighted by Crippen LogP contribution is -2.20. The monoisotopic (exact) mass is 252 g/mol. The second-order valence-electron chi connectivity index (χ2n) is 5.07. The fourth-order valence-corrected chi connectivity index (χ4v) is 4.33. The average molecular weight is 252 g/mol. The van der Waals surface area contributed by atoms with Crippen LogP contribution in [0.1, 0.15) is 54.8 Å². The van der Waals surface area contributed by atoms with Crippen molar-refractivity contribution < 1.29 is 5.11 Å². The summed E-state index contributed by atoms with van der Waals surface area (Å²) in [4.78, 5) is 4.65. The third kappa shape index (κ3) is 2.13. The van der Waals surface area contributed by atoms with E-state index in [0.29, 0.717) is 11.2 Å². The molecule has 0 saturated carbocycles. The molecule has 1 aromatic rings. The van der Waals surface area contributed by atoms with Gasteiger partial charge in [0.1, 0.15) is 5.82 Å². The van der Waals surface area contributed by atoms with Crippen molar-refractivity contribution in [2.24, 2.45) is 0 Å². The van der Waals surface area contributed by atoms with Crippen LogP contribution >= 0.6 is 11.8 Å². The summed E-state index contributed by atoms with van der Waals surface area (Å²) in [6, 6.07) is 0. The van der Waals surface area contributed by atoms with E-state index in [4.69, 9.17) is 0 Å². The van der Waals surface area contributed by atoms with Gasteiger partial charge in [-0.2, -0.15) is 11.8 Å². The quantitative estimate of drug-likeness (QED) is 0.879. The summed E-state index contributed by atoms with van der Waals surface area (Å²) < 4.78 is 2.38. The van der Waals surface area contributed by atoms with E-state index < -0.39 is 0 Å². The normalized spacial score (nSPS) is 29.0. The van der Waals surface area contributed by atoms with E-state index >= 15 is 0 Å². The topological polar surface area (TPSA) is 38.0 Å². The third-order valence-electron chi connectivity index (χ3n) is 3.96. The second kappa shape index (κ2) is 5.02. The zero-order chi connectivity index (χ0) is 11.7. The van der Waals surface area contributed by atoms with Crippen molar-refractivity contribution in [1.29, 1.82) is 0 Å². The number of aliphatic hydroxyl groups is 1. The number of thioether (sulfide) groups is 1. The fraction of sp³-hybridized carbons (Fsp3) is 0.769. The van der Waals surface area contributed by atoms with Gasteiger partial charge in [-0.05, 0) is 31.4 Å². The molecule has 0 radical (unpaired) electrons. The van der Waals surface area contributed by atoms with Gasteiger partial charge in [0.2, 0.25) is 0 Å². The molecule has 1 N–H and O–H groups in total. The fourth-order valence-electron chi connectivity index (χ4n) is 3.00. The number of nitrogens with zero attached hydrogens (tertiary/aromatic N) is 2. The highest BCUT2D eigenvalue weighted by Crippen LogP contribution is 2.40. The van der Waals surface area contributed by atoms with E-state index in [1.54, 1.807) is 0 Å². The number of hydrogen-bond acceptors (Lipinski definition) is 3. The van der Waals surface area contributed by atoms with E-state index in [0.717, 1.165) is 13.0 Å². The van der Waals surface area contributed by atoms with Crippen molar-refractivity contribution in [2.75, 3.05) is 12.4 Å². The van der Waals surface area contributed by atoms with E-state index in [1.165, 1.54) is 43.0 Å². The largest absolute Gasteiger partial charge is 0.396 e. The Morgan fingerprint density at radius 3 is 3.06 bits per heavy atom. The Labute approximate surface area is 107 Å². The maximum Gasteiger partial charge on any atom is 0.122 e. The lowest BCUT2D eigenvalue weighted by Gasteiger charge is -2.27. The number of fused-ring (bicyclic) bond motifs is 1. The van der Waals surface area contributed by atoms with Crippen molar-refractivity contribution >= 4 is 11.8 Å². The molecule has 4 heteroatoms. The molecule has 3 heterocycles. The number of rotatable bonds is 2. The van der Waals surface area contributed by atoms with E-state index in [-0.39, 0.29) is 6.61 Å². The van der Waals surface area contributed by atoms with E-state index in [1.807, 2.05) is 6.20 Å². The first-order valence-electron chi connectivity index (χ1n) is 6.68. The standard InChI is InChI=1S/C13H20N2OS/c16-9-10-4-3-6-15-11(10)8-14-13(15)12-5-1-2-7-17-12/h8,10,12,16H,1-7,9H2. The summed E-state index contributed by atoms with van der Waals surface area (Å²) >= 11 is 2.06. The SMILES string of the molecule is OCC1CCCn2c1cnc2C1CCCCS1. The van der Waals surface area contributed by atoms with Crippen LogP contribution in [-0.4, -0.2) is 27.0 Å². The highest BCUT2D eigenvalue weighted by Gasteiger charge is 2.27. The van der Waals surface area contributed by atoms with E-state index in [9.17, 15) is 5.11 Å². The summed E-state index contributed by atoms with van der Waals surface area (Å²) in [7, 11) is 0. The van der Waals surface area contributed by atoms with Crippen LogP contribution in [0.15, 0.2) is 6.20 Å². The molecule has 2 atom stereocenters. The van der Waals surface area contributed by atoms with Gasteiger partial charge in [0.05, 0.1) is 11.9 Å². The van der Waals surface area contributed by atoms with Crippen LogP contribution in [0.2, 0.25) is 0 Å². The number of aromatic nitrogens is 2. The van der Waals surface area contributed by atoms with Crippen molar-refractivity contribution in [1.82, 2.24) is 9.55 Å². The molecule has 0 spiro atoms. The zero-order valence-corrected chi connectivity index (χ0v) is 11.0. The Balaban J connectivity index is 1.88. The van der Waals surface area contributed by atoms with Gasteiger partial charge in [0.15, 0.2) is 0 Å². The summed E-state index contributed by atoms with van der Waals surface area (Å²) in [5.41, 5.74) is 1.26. The van der Waals surface area contributed by atoms with Crippen LogP contribution in [-0.2, 0) is 6.54 Å². The molecular formula is C13H20N2OS. The summed E-state index contributed by atoms with van der Waals surface area (Å²) in [6.45, 7) is 1.36. The van der Waals surface area contributed by atoms with Crippen LogP contribution in [0.5, 0.6) is 0 Å². The number of imidazole rings is 1. The smallest absolute Gasteiger partial charge is 0.122 e. The molecule has 1 aromatic heterocycles. The van der Waals surface area contributed by atoms with Gasteiger partial charge in [0.25, 0.3) is 0 Å². The van der Waals surface area contributed by atoms with Crippen LogP contribution in [0, 0.1) is 0 Å². The van der Waals surface area contributed by atoms with Gasteiger partial charge >= 0.3 is 0 Å². The summed E-state index contributed by atoms with van der Waals surface area (Å²) in [5, 5.41) is 10.0. The Hall–Kier alpha value is -0.480. The zero-order valence-electron chi connectivity index (χ0n) is 10.1. The van der Waals surface area contributed by atoms with Gasteiger partial charge < -0.3 is 9.67 Å². The molecule has 0 aromatic carbocycles. The Morgan fingerprint density at radius 1 is 1.35 bits per heavy atom. The molecule has 1 fully saturated rings. The molecular weight excluding hydrogens is 232 g/mol. The highest BCUT2D eigenvalue weighted by atomic mass is 32.2. The highest BCUT2D eigenvalue weighted by molar-refractivity contribution is 7.99. The van der Waals surface area contributed by atoms with E-state index in [2.05, 4.69) is 21.3 Å². The summed E-state index contributed by atoms with van der Waals surface area (Å²) in [6.07, 6.45) is 8.26. The van der Waals surface area contributed by atoms with Crippen LogP contribution in [0.25, 0.3) is 0 Å². The molecule has 17 heavy (non-hydrogen) atoms. The number of aliphatic hydroxyl groups excluding tert-OH is 1. The molecule has 0 amide bonds. The van der Waals surface area contributed by atoms with Gasteiger partial charge in [0, 0.05) is 24.4 Å². The second-order valence-corrected chi connectivity index (χ2v) is 6.38. The molecule has 2 aliphatic rings. The molecule has 0 bridgehead atoms. The number of hydrogen-bond donors (Lipinski definition) is 1. The van der Waals surface area contributed by atoms with Gasteiger partial charge in [-0.1, -0.05) is 6.42 Å². The van der Waals surface area contributed by atoms with Crippen LogP contribution < -0.4 is 0 Å². The maximum absolute atomic E-state index is 9.41. The molecule has 3 nitrogen and oxygen atoms in total. The lowest BCUT2D eigenvalue weighted by molar-refractivity contribution is 0.240. The van der Waals surface area contributed by atoms with Crippen LogP contribution in [0.3, 0.4) is 0 Å². The molecule has 0 aliphatic carbocycles. The molecule has 3 rings (SSSR count). The van der Waals surface area contributed by atoms with Crippen molar-refractivity contribution in [3.05, 3.63) is 17.7 Å². The Bertz CT molecular complexity index is 385. The van der Waals surface area contributed by atoms with Gasteiger partial charge in [-0.3, -0.25) is 0 Å². The summed E-state index contributed by atoms with van der Waals surface area (Å²) in [5.74, 6) is 2.86. The van der Waals surface area contributed by atoms with Crippen molar-refractivity contribution in [3.8, 4) is 0 Å². The predicted molar refractivity (Wildman–Crippen MR) is 70.3 cm³/mol. The first kappa shape index (κ1) is 11.6. The predicted octanol–water partition coefficient (Wildman–Crippen LogP) is 2.71. The minimum absolute atomic E-state index is 0.267.